The van der Waals surface area contributed by atoms with Crippen molar-refractivity contribution < 1.29 is 29.0 Å². The maximum absolute atomic E-state index is 13.5. The first kappa shape index (κ1) is 23.0. The first-order valence-corrected chi connectivity index (χ1v) is 12.5. The average molecular weight is 460 g/mol. The van der Waals surface area contributed by atoms with Crippen LogP contribution in [0.2, 0.25) is 0 Å². The van der Waals surface area contributed by atoms with Gasteiger partial charge in [0.25, 0.3) is 0 Å². The number of nitrogens with one attached hydrogen (secondary N) is 1. The van der Waals surface area contributed by atoms with Gasteiger partial charge in [0, 0.05) is 36.5 Å². The predicted octanol–water partition coefficient (Wildman–Crippen LogP) is 2.90. The van der Waals surface area contributed by atoms with Crippen LogP contribution in [0.15, 0.2) is 12.2 Å². The highest BCUT2D eigenvalue weighted by Gasteiger charge is 2.70. The molecule has 1 heterocycles. The Labute approximate surface area is 195 Å². The molecule has 7 nitrogen and oxygen atoms in total. The van der Waals surface area contributed by atoms with Crippen LogP contribution in [0, 0.1) is 34.0 Å². The topological polar surface area (TPSA) is 102 Å². The van der Waals surface area contributed by atoms with Crippen molar-refractivity contribution in [3.8, 4) is 0 Å². The summed E-state index contributed by atoms with van der Waals surface area (Å²) in [7, 11) is 0. The van der Waals surface area contributed by atoms with E-state index in [1.54, 1.807) is 0 Å². The minimum absolute atomic E-state index is 0.00497. The van der Waals surface area contributed by atoms with Crippen molar-refractivity contribution in [1.82, 2.24) is 5.32 Å². The fourth-order valence-corrected chi connectivity index (χ4v) is 8.83. The molecule has 4 aliphatic carbocycles. The molecule has 182 valence electrons. The van der Waals surface area contributed by atoms with Crippen LogP contribution in [0.1, 0.15) is 72.1 Å². The highest BCUT2D eigenvalue weighted by molar-refractivity contribution is 6.03. The number of ketones is 1. The second kappa shape index (κ2) is 7.64. The van der Waals surface area contributed by atoms with Gasteiger partial charge in [0.15, 0.2) is 5.78 Å². The smallest absolute Gasteiger partial charge is 0.302 e. The summed E-state index contributed by atoms with van der Waals surface area (Å²) in [5, 5.41) is 14.2. The van der Waals surface area contributed by atoms with E-state index in [2.05, 4.69) is 25.7 Å². The second-order valence-corrected chi connectivity index (χ2v) is 11.8. The summed E-state index contributed by atoms with van der Waals surface area (Å²) in [6, 6.07) is 0. The summed E-state index contributed by atoms with van der Waals surface area (Å²) in [5.41, 5.74) is -0.574. The highest BCUT2D eigenvalue weighted by atomic mass is 16.5. The number of Topliss-reactive ketones (excluding diaryl/α,β-unsaturated/α-hetero) is 1. The van der Waals surface area contributed by atoms with Crippen molar-refractivity contribution in [3.63, 3.8) is 0 Å². The molecular weight excluding hydrogens is 422 g/mol. The Kier molecular flexibility index (Phi) is 5.33. The molecule has 1 saturated heterocycles. The highest BCUT2D eigenvalue weighted by Crippen LogP contribution is 2.71. The van der Waals surface area contributed by atoms with Gasteiger partial charge in [-0.05, 0) is 61.3 Å². The lowest BCUT2D eigenvalue weighted by atomic mass is 9.40. The van der Waals surface area contributed by atoms with Gasteiger partial charge in [0.2, 0.25) is 5.91 Å². The Bertz CT molecular complexity index is 901. The van der Waals surface area contributed by atoms with E-state index in [0.717, 1.165) is 25.7 Å². The van der Waals surface area contributed by atoms with Crippen LogP contribution in [0.3, 0.4) is 0 Å². The van der Waals surface area contributed by atoms with E-state index in [1.165, 1.54) is 6.92 Å². The fourth-order valence-electron chi connectivity index (χ4n) is 8.83. The molecule has 0 aromatic carbocycles. The number of fused-ring (bicyclic) bond motifs is 3. The van der Waals surface area contributed by atoms with Crippen LogP contribution < -0.4 is 5.32 Å². The van der Waals surface area contributed by atoms with Crippen molar-refractivity contribution >= 4 is 17.7 Å². The van der Waals surface area contributed by atoms with Gasteiger partial charge >= 0.3 is 5.97 Å². The standard InChI is InChI=1S/C26H37NO6/c1-14-16-11-17(29)22-24(3)9-8-19(33-15(2)28)25(4,13-32-21-6-5-20(30)27-21)18(24)7-10-26(22,12-16)23(14)31/h16-19,21-22,29H,1,5-13H2,2-4H3,(H,27,30)/t16-,17+,18+,19+,21-,22+,24-,25+,26-/m1/s1. The largest absolute Gasteiger partial charge is 0.462 e. The van der Waals surface area contributed by atoms with Crippen LogP contribution >= 0.6 is 0 Å². The molecule has 0 aromatic heterocycles. The molecule has 7 heteroatoms. The number of allylic oxidation sites excluding steroid dienone is 1. The number of ether oxygens (including phenoxy) is 2. The average Bonchev–Trinajstić information content (AvgIpc) is 3.24. The molecule has 2 bridgehead atoms. The first-order valence-electron chi connectivity index (χ1n) is 12.5. The van der Waals surface area contributed by atoms with Crippen LogP contribution in [-0.2, 0) is 23.9 Å². The third kappa shape index (κ3) is 3.25. The number of amides is 1. The van der Waals surface area contributed by atoms with Crippen molar-refractivity contribution in [1.29, 1.82) is 0 Å². The predicted molar refractivity (Wildman–Crippen MR) is 120 cm³/mol. The Morgan fingerprint density at radius 1 is 1.21 bits per heavy atom. The Balaban J connectivity index is 1.49. The van der Waals surface area contributed by atoms with E-state index in [0.29, 0.717) is 37.9 Å². The van der Waals surface area contributed by atoms with Crippen molar-refractivity contribution in [3.05, 3.63) is 12.2 Å². The molecule has 0 unspecified atom stereocenters. The van der Waals surface area contributed by atoms with E-state index >= 15 is 0 Å². The lowest BCUT2D eigenvalue weighted by molar-refractivity contribution is -0.231. The number of carbonyl (C=O) groups is 3. The molecule has 4 saturated carbocycles. The minimum Gasteiger partial charge on any atom is -0.462 e. The fraction of sp³-hybridized carbons (Fsp3) is 0.808. The van der Waals surface area contributed by atoms with Gasteiger partial charge in [-0.2, -0.15) is 0 Å². The molecule has 0 radical (unpaired) electrons. The number of hydrogen-bond acceptors (Lipinski definition) is 6. The Hall–Kier alpha value is -1.73. The number of aliphatic hydroxyl groups excluding tert-OH is 1. The van der Waals surface area contributed by atoms with Crippen molar-refractivity contribution in [2.45, 2.75) is 90.6 Å². The summed E-state index contributed by atoms with van der Waals surface area (Å²) in [4.78, 5) is 37.1. The molecule has 5 fully saturated rings. The quantitative estimate of drug-likeness (QED) is 0.495. The lowest BCUT2D eigenvalue weighted by Gasteiger charge is -2.65. The maximum Gasteiger partial charge on any atom is 0.302 e. The maximum atomic E-state index is 13.5. The summed E-state index contributed by atoms with van der Waals surface area (Å²) in [5.74, 6) is -0.0580. The molecule has 2 N–H and O–H groups in total. The van der Waals surface area contributed by atoms with E-state index in [-0.39, 0.29) is 53.2 Å². The van der Waals surface area contributed by atoms with Gasteiger partial charge < -0.3 is 19.9 Å². The van der Waals surface area contributed by atoms with Crippen LogP contribution in [-0.4, -0.2) is 47.8 Å². The molecule has 9 atom stereocenters. The van der Waals surface area contributed by atoms with E-state index in [9.17, 15) is 19.5 Å². The minimum atomic E-state index is -0.538. The molecule has 5 rings (SSSR count). The van der Waals surface area contributed by atoms with Crippen LogP contribution in [0.5, 0.6) is 0 Å². The molecule has 33 heavy (non-hydrogen) atoms. The van der Waals surface area contributed by atoms with E-state index in [1.807, 2.05) is 0 Å². The van der Waals surface area contributed by atoms with Gasteiger partial charge in [0.05, 0.1) is 12.7 Å². The first-order chi connectivity index (χ1) is 15.5. The van der Waals surface area contributed by atoms with Gasteiger partial charge in [-0.15, -0.1) is 0 Å². The van der Waals surface area contributed by atoms with Crippen molar-refractivity contribution in [2.75, 3.05) is 6.61 Å². The molecule has 1 aliphatic heterocycles. The number of aliphatic hydroxyl groups is 1. The summed E-state index contributed by atoms with van der Waals surface area (Å²) in [6.07, 6.45) is 4.35. The second-order valence-electron chi connectivity index (χ2n) is 11.8. The molecular formula is C26H37NO6. The number of carbonyl (C=O) groups excluding carboxylic acids is 3. The van der Waals surface area contributed by atoms with Gasteiger partial charge in [0.1, 0.15) is 12.3 Å². The molecule has 1 spiro atoms. The zero-order chi connectivity index (χ0) is 23.8. The number of hydrogen-bond donors (Lipinski definition) is 2. The summed E-state index contributed by atoms with van der Waals surface area (Å²) >= 11 is 0. The lowest BCUT2D eigenvalue weighted by Crippen LogP contribution is -2.65. The van der Waals surface area contributed by atoms with E-state index < -0.39 is 16.9 Å². The summed E-state index contributed by atoms with van der Waals surface area (Å²) in [6.45, 7) is 10.3. The van der Waals surface area contributed by atoms with Gasteiger partial charge in [-0.1, -0.05) is 20.4 Å². The Morgan fingerprint density at radius 3 is 2.64 bits per heavy atom. The zero-order valence-electron chi connectivity index (χ0n) is 20.0. The Morgan fingerprint density at radius 2 is 1.97 bits per heavy atom. The van der Waals surface area contributed by atoms with Gasteiger partial charge in [-0.3, -0.25) is 14.4 Å². The molecule has 1 amide bonds. The monoisotopic (exact) mass is 459 g/mol. The number of esters is 1. The number of rotatable bonds is 4. The third-order valence-corrected chi connectivity index (χ3v) is 10.1. The zero-order valence-corrected chi connectivity index (χ0v) is 20.0. The van der Waals surface area contributed by atoms with E-state index in [4.69, 9.17) is 9.47 Å². The van der Waals surface area contributed by atoms with Gasteiger partial charge in [-0.25, -0.2) is 0 Å². The normalized spacial score (nSPS) is 48.8. The van der Waals surface area contributed by atoms with Crippen molar-refractivity contribution in [2.24, 2.45) is 34.0 Å². The van der Waals surface area contributed by atoms with Crippen LogP contribution in [0.25, 0.3) is 0 Å². The SMILES string of the molecule is C=C1C(=O)[C@@]23CC[C@@H]4[C@](C)(CO[C@@H]5CCC(=O)N5)[C@@H](OC(C)=O)CC[C@@]4(C)[C@@H]2[C@@H](O)C[C@@H]1C3. The molecule has 5 aliphatic rings. The van der Waals surface area contributed by atoms with Crippen LogP contribution in [0.4, 0.5) is 0 Å². The molecule has 0 aromatic rings. The third-order valence-electron chi connectivity index (χ3n) is 10.1. The summed E-state index contributed by atoms with van der Waals surface area (Å²) < 4.78 is 12.1.